The fourth-order valence-electron chi connectivity index (χ4n) is 6.44. The second-order valence-electron chi connectivity index (χ2n) is 13.0. The van der Waals surface area contributed by atoms with Gasteiger partial charge in [-0.1, -0.05) is 38.1 Å². The number of benzene rings is 3. The third-order valence-electron chi connectivity index (χ3n) is 9.32. The number of carbonyl (C=O) groups excluding carboxylic acids is 4. The number of piperidine rings is 1. The second kappa shape index (κ2) is 12.2. The maximum absolute atomic E-state index is 13.1. The van der Waals surface area contributed by atoms with Crippen LogP contribution in [0.5, 0.6) is 17.4 Å². The van der Waals surface area contributed by atoms with E-state index < -0.39 is 29.7 Å². The lowest BCUT2D eigenvalue weighted by atomic mass is 9.78. The monoisotopic (exact) mass is 645 g/mol. The fourth-order valence-corrected chi connectivity index (χ4v) is 6.44. The van der Waals surface area contributed by atoms with Crippen LogP contribution in [0.3, 0.4) is 0 Å². The van der Waals surface area contributed by atoms with Gasteiger partial charge in [0.1, 0.15) is 23.6 Å². The molecule has 2 N–H and O–H groups in total. The van der Waals surface area contributed by atoms with E-state index in [1.165, 1.54) is 0 Å². The highest BCUT2D eigenvalue weighted by molar-refractivity contribution is 6.23. The molecule has 1 saturated carbocycles. The van der Waals surface area contributed by atoms with Crippen LogP contribution in [0, 0.1) is 6.92 Å². The van der Waals surface area contributed by atoms with Crippen LogP contribution in [0.4, 0.5) is 5.69 Å². The average molecular weight is 646 g/mol. The van der Waals surface area contributed by atoms with E-state index >= 15 is 0 Å². The molecule has 1 saturated heterocycles. The molecule has 1 aliphatic carbocycles. The minimum atomic E-state index is -0.983. The summed E-state index contributed by atoms with van der Waals surface area (Å²) >= 11 is 0. The summed E-state index contributed by atoms with van der Waals surface area (Å²) < 4.78 is 12.1. The van der Waals surface area contributed by atoms with Crippen molar-refractivity contribution >= 4 is 29.3 Å². The minimum absolute atomic E-state index is 0.0487. The Kier molecular flexibility index (Phi) is 7.90. The molecular weight excluding hydrogens is 610 g/mol. The van der Waals surface area contributed by atoms with Gasteiger partial charge in [0.2, 0.25) is 17.7 Å². The van der Waals surface area contributed by atoms with Crippen LogP contribution in [0.15, 0.2) is 79.1 Å². The first kappa shape index (κ1) is 31.0. The van der Waals surface area contributed by atoms with Gasteiger partial charge in [0, 0.05) is 42.6 Å². The molecule has 11 heteroatoms. The molecule has 2 fully saturated rings. The fraction of sp³-hybridized carbons (Fsp3) is 0.297. The molecular formula is C37H35N5O6. The zero-order valence-corrected chi connectivity index (χ0v) is 26.9. The first-order valence-electron chi connectivity index (χ1n) is 16.0. The average Bonchev–Trinajstić information content (AvgIpc) is 3.29. The zero-order chi connectivity index (χ0) is 33.6. The molecule has 1 unspecified atom stereocenters. The molecule has 3 aromatic carbocycles. The summed E-state index contributed by atoms with van der Waals surface area (Å²) in [5, 5.41) is 5.65. The van der Waals surface area contributed by atoms with Gasteiger partial charge < -0.3 is 14.8 Å². The number of amides is 4. The Hall–Kier alpha value is -5.58. The van der Waals surface area contributed by atoms with Crippen LogP contribution >= 0.6 is 0 Å². The summed E-state index contributed by atoms with van der Waals surface area (Å²) in [5.41, 5.74) is 4.09. The molecule has 0 bridgehead atoms. The van der Waals surface area contributed by atoms with E-state index in [0.717, 1.165) is 46.0 Å². The number of aromatic nitrogens is 2. The Morgan fingerprint density at radius 3 is 2.19 bits per heavy atom. The number of nitrogens with zero attached hydrogens (tertiary/aromatic N) is 3. The van der Waals surface area contributed by atoms with Gasteiger partial charge in [-0.2, -0.15) is 0 Å². The van der Waals surface area contributed by atoms with Crippen molar-refractivity contribution in [2.24, 2.45) is 0 Å². The Bertz CT molecular complexity index is 1920. The standard InChI is InChI=1S/C37H35N5O6/c1-21-19-38-20-33(39-21)48-27-11-6-23(7-12-27)37(2,3)22-4-9-26(10-5-22)47-28-16-25(17-28)40-24-8-13-29-30(18-24)36(46)42(35(29)45)31-14-15-32(43)41-34(31)44/h4-13,18-20,25,28,31,40H,14-17H2,1-3H3,(H,41,43,44). The van der Waals surface area contributed by atoms with Gasteiger partial charge in [-0.25, -0.2) is 4.98 Å². The molecule has 0 spiro atoms. The zero-order valence-electron chi connectivity index (χ0n) is 26.9. The molecule has 1 atom stereocenters. The van der Waals surface area contributed by atoms with Gasteiger partial charge in [-0.15, -0.1) is 0 Å². The highest BCUT2D eigenvalue weighted by Gasteiger charge is 2.44. The van der Waals surface area contributed by atoms with Crippen molar-refractivity contribution in [3.8, 4) is 17.4 Å². The number of hydrogen-bond acceptors (Lipinski definition) is 9. The van der Waals surface area contributed by atoms with E-state index in [1.807, 2.05) is 31.2 Å². The van der Waals surface area contributed by atoms with Gasteiger partial charge in [-0.05, 0) is 66.9 Å². The molecule has 3 aliphatic rings. The van der Waals surface area contributed by atoms with E-state index in [0.29, 0.717) is 11.6 Å². The lowest BCUT2D eigenvalue weighted by Crippen LogP contribution is -2.54. The van der Waals surface area contributed by atoms with E-state index in [1.54, 1.807) is 30.6 Å². The smallest absolute Gasteiger partial charge is 0.262 e. The molecule has 4 amide bonds. The predicted octanol–water partition coefficient (Wildman–Crippen LogP) is 5.33. The molecule has 4 aromatic rings. The number of imide groups is 2. The van der Waals surface area contributed by atoms with Gasteiger partial charge in [-0.3, -0.25) is 34.4 Å². The predicted molar refractivity (Wildman–Crippen MR) is 176 cm³/mol. The van der Waals surface area contributed by atoms with Crippen LogP contribution in [-0.4, -0.2) is 56.7 Å². The Morgan fingerprint density at radius 2 is 1.52 bits per heavy atom. The van der Waals surface area contributed by atoms with Crippen LogP contribution in [-0.2, 0) is 15.0 Å². The number of nitrogens with one attached hydrogen (secondary N) is 2. The molecule has 1 aromatic heterocycles. The molecule has 2 aliphatic heterocycles. The number of anilines is 1. The maximum Gasteiger partial charge on any atom is 0.262 e. The number of rotatable bonds is 9. The summed E-state index contributed by atoms with van der Waals surface area (Å²) in [6.45, 7) is 6.24. The summed E-state index contributed by atoms with van der Waals surface area (Å²) in [6, 6.07) is 20.4. The van der Waals surface area contributed by atoms with E-state index in [9.17, 15) is 19.2 Å². The molecule has 3 heterocycles. The molecule has 0 radical (unpaired) electrons. The summed E-state index contributed by atoms with van der Waals surface area (Å²) in [5.74, 6) is -0.0940. The quantitative estimate of drug-likeness (QED) is 0.231. The summed E-state index contributed by atoms with van der Waals surface area (Å²) in [7, 11) is 0. The van der Waals surface area contributed by atoms with Crippen molar-refractivity contribution < 1.29 is 28.7 Å². The number of ether oxygens (including phenoxy) is 2. The van der Waals surface area contributed by atoms with Crippen molar-refractivity contribution in [1.82, 2.24) is 20.2 Å². The van der Waals surface area contributed by atoms with Gasteiger partial charge in [0.05, 0.1) is 23.0 Å². The molecule has 48 heavy (non-hydrogen) atoms. The minimum Gasteiger partial charge on any atom is -0.490 e. The highest BCUT2D eigenvalue weighted by atomic mass is 16.5. The normalized spacial score (nSPS) is 20.6. The van der Waals surface area contributed by atoms with Crippen LogP contribution in [0.1, 0.15) is 77.1 Å². The van der Waals surface area contributed by atoms with E-state index in [-0.39, 0.29) is 41.5 Å². The third kappa shape index (κ3) is 5.99. The van der Waals surface area contributed by atoms with Crippen molar-refractivity contribution in [2.75, 3.05) is 5.32 Å². The van der Waals surface area contributed by atoms with Gasteiger partial charge >= 0.3 is 0 Å². The van der Waals surface area contributed by atoms with Crippen molar-refractivity contribution in [1.29, 1.82) is 0 Å². The maximum atomic E-state index is 13.1. The SMILES string of the molecule is Cc1cncc(Oc2ccc(C(C)(C)c3ccc(OC4CC(Nc5ccc6c(c5)C(=O)N(C5CCC(=O)NC5=O)C6=O)C4)cc3)cc2)n1. The highest BCUT2D eigenvalue weighted by Crippen LogP contribution is 2.36. The Labute approximate surface area is 277 Å². The third-order valence-corrected chi connectivity index (χ3v) is 9.32. The Morgan fingerprint density at radius 1 is 0.854 bits per heavy atom. The van der Waals surface area contributed by atoms with E-state index in [4.69, 9.17) is 9.47 Å². The molecule has 244 valence electrons. The van der Waals surface area contributed by atoms with Crippen LogP contribution in [0.2, 0.25) is 0 Å². The van der Waals surface area contributed by atoms with Gasteiger partial charge in [0.25, 0.3) is 11.8 Å². The summed E-state index contributed by atoms with van der Waals surface area (Å²) in [4.78, 5) is 59.4. The number of fused-ring (bicyclic) bond motifs is 1. The first-order chi connectivity index (χ1) is 23.0. The lowest BCUT2D eigenvalue weighted by molar-refractivity contribution is -0.136. The molecule has 11 nitrogen and oxygen atoms in total. The first-order valence-corrected chi connectivity index (χ1v) is 16.0. The van der Waals surface area contributed by atoms with Crippen molar-refractivity contribution in [3.63, 3.8) is 0 Å². The van der Waals surface area contributed by atoms with E-state index in [2.05, 4.69) is 58.7 Å². The number of carbonyl (C=O) groups is 4. The Balaban J connectivity index is 0.920. The van der Waals surface area contributed by atoms with Crippen LogP contribution < -0.4 is 20.1 Å². The molecule has 7 rings (SSSR count). The number of aryl methyl sites for hydroxylation is 1. The largest absolute Gasteiger partial charge is 0.490 e. The number of hydrogen-bond donors (Lipinski definition) is 2. The van der Waals surface area contributed by atoms with Gasteiger partial charge in [0.15, 0.2) is 0 Å². The second-order valence-corrected chi connectivity index (χ2v) is 13.0. The topological polar surface area (TPSA) is 140 Å². The van der Waals surface area contributed by atoms with Crippen LogP contribution in [0.25, 0.3) is 0 Å². The van der Waals surface area contributed by atoms with Crippen molar-refractivity contribution in [2.45, 2.75) is 70.1 Å². The van der Waals surface area contributed by atoms with Crippen molar-refractivity contribution in [3.05, 3.63) is 107 Å². The summed E-state index contributed by atoms with van der Waals surface area (Å²) in [6.07, 6.45) is 5.10. The lowest BCUT2D eigenvalue weighted by Gasteiger charge is -2.36.